The Morgan fingerprint density at radius 1 is 1.19 bits per heavy atom. The van der Waals surface area contributed by atoms with Gasteiger partial charge in [-0.15, -0.1) is 0 Å². The van der Waals surface area contributed by atoms with Crippen LogP contribution in [0.2, 0.25) is 5.15 Å². The quantitative estimate of drug-likeness (QED) is 0.747. The van der Waals surface area contributed by atoms with Crippen LogP contribution in [0.25, 0.3) is 0 Å². The Balaban J connectivity index is 1.72. The number of halogens is 1. The van der Waals surface area contributed by atoms with Crippen LogP contribution in [0.1, 0.15) is 6.42 Å². The van der Waals surface area contributed by atoms with E-state index in [1.54, 1.807) is 16.9 Å². The fourth-order valence-electron chi connectivity index (χ4n) is 1.40. The van der Waals surface area contributed by atoms with Crippen molar-refractivity contribution in [2.45, 2.75) is 13.0 Å². The molecule has 0 spiro atoms. The molecule has 0 radical (unpaired) electrons. The zero-order valence-electron chi connectivity index (χ0n) is 8.84. The van der Waals surface area contributed by atoms with E-state index in [1.807, 2.05) is 30.3 Å². The van der Waals surface area contributed by atoms with Gasteiger partial charge in [-0.2, -0.15) is 5.10 Å². The first-order chi connectivity index (χ1) is 7.86. The summed E-state index contributed by atoms with van der Waals surface area (Å²) in [6.07, 6.45) is 2.58. The van der Waals surface area contributed by atoms with Crippen LogP contribution < -0.4 is 4.74 Å². The number of ether oxygens (including phenoxy) is 1. The number of aromatic nitrogens is 2. The number of rotatable bonds is 5. The van der Waals surface area contributed by atoms with E-state index in [1.165, 1.54) is 0 Å². The average molecular weight is 237 g/mol. The van der Waals surface area contributed by atoms with Crippen molar-refractivity contribution >= 4 is 11.6 Å². The van der Waals surface area contributed by atoms with Crippen LogP contribution in [0.4, 0.5) is 0 Å². The molecule has 0 aliphatic carbocycles. The molecule has 0 aliphatic rings. The van der Waals surface area contributed by atoms with Crippen molar-refractivity contribution in [3.05, 3.63) is 47.7 Å². The molecule has 0 aliphatic heterocycles. The highest BCUT2D eigenvalue weighted by Crippen LogP contribution is 2.10. The maximum atomic E-state index is 5.90. The van der Waals surface area contributed by atoms with Crippen molar-refractivity contribution in [2.24, 2.45) is 0 Å². The number of hydrogen-bond donors (Lipinski definition) is 0. The van der Waals surface area contributed by atoms with Crippen molar-refractivity contribution < 1.29 is 4.74 Å². The maximum absolute atomic E-state index is 5.90. The largest absolute Gasteiger partial charge is 0.494 e. The molecule has 2 aromatic rings. The Hall–Kier alpha value is -1.48. The number of aryl methyl sites for hydroxylation is 1. The second-order valence-electron chi connectivity index (χ2n) is 3.39. The van der Waals surface area contributed by atoms with E-state index in [0.29, 0.717) is 11.8 Å². The number of para-hydroxylation sites is 1. The van der Waals surface area contributed by atoms with Crippen molar-refractivity contribution in [1.29, 1.82) is 0 Å². The minimum Gasteiger partial charge on any atom is -0.494 e. The summed E-state index contributed by atoms with van der Waals surface area (Å²) in [7, 11) is 0. The molecule has 1 heterocycles. The summed E-state index contributed by atoms with van der Waals surface area (Å²) in [6.45, 7) is 1.44. The summed E-state index contributed by atoms with van der Waals surface area (Å²) in [4.78, 5) is 0. The molecule has 84 valence electrons. The fourth-order valence-corrected chi connectivity index (χ4v) is 1.59. The van der Waals surface area contributed by atoms with E-state index < -0.39 is 0 Å². The molecular weight excluding hydrogens is 224 g/mol. The van der Waals surface area contributed by atoms with Crippen LogP contribution in [0.5, 0.6) is 5.75 Å². The summed E-state index contributed by atoms with van der Waals surface area (Å²) in [6, 6.07) is 11.6. The van der Waals surface area contributed by atoms with Crippen molar-refractivity contribution in [3.8, 4) is 5.75 Å². The van der Waals surface area contributed by atoms with Crippen LogP contribution in [0, 0.1) is 0 Å². The first-order valence-corrected chi connectivity index (χ1v) is 5.59. The Bertz CT molecular complexity index is 428. The lowest BCUT2D eigenvalue weighted by atomic mass is 10.3. The van der Waals surface area contributed by atoms with Gasteiger partial charge >= 0.3 is 0 Å². The van der Waals surface area contributed by atoms with Gasteiger partial charge in [0.1, 0.15) is 10.9 Å². The predicted molar refractivity (Wildman–Crippen MR) is 63.8 cm³/mol. The van der Waals surface area contributed by atoms with Gasteiger partial charge in [0.25, 0.3) is 0 Å². The third-order valence-electron chi connectivity index (χ3n) is 2.19. The van der Waals surface area contributed by atoms with Crippen LogP contribution >= 0.6 is 11.6 Å². The third kappa shape index (κ3) is 3.00. The highest BCUT2D eigenvalue weighted by atomic mass is 35.5. The van der Waals surface area contributed by atoms with E-state index in [-0.39, 0.29) is 0 Å². The molecule has 1 aromatic carbocycles. The molecule has 4 heteroatoms. The molecule has 0 bridgehead atoms. The molecule has 0 saturated carbocycles. The Kier molecular flexibility index (Phi) is 3.83. The minimum absolute atomic E-state index is 0.666. The van der Waals surface area contributed by atoms with Crippen molar-refractivity contribution in [3.63, 3.8) is 0 Å². The molecule has 0 amide bonds. The van der Waals surface area contributed by atoms with Crippen molar-refractivity contribution in [2.75, 3.05) is 6.61 Å². The third-order valence-corrected chi connectivity index (χ3v) is 2.51. The van der Waals surface area contributed by atoms with E-state index in [9.17, 15) is 0 Å². The summed E-state index contributed by atoms with van der Waals surface area (Å²) in [5.74, 6) is 0.897. The fraction of sp³-hybridized carbons (Fsp3) is 0.250. The van der Waals surface area contributed by atoms with E-state index in [0.717, 1.165) is 18.7 Å². The van der Waals surface area contributed by atoms with Gasteiger partial charge in [-0.1, -0.05) is 29.8 Å². The Morgan fingerprint density at radius 3 is 2.69 bits per heavy atom. The minimum atomic E-state index is 0.666. The van der Waals surface area contributed by atoms with Gasteiger partial charge in [0, 0.05) is 13.0 Å². The molecule has 0 saturated heterocycles. The second kappa shape index (κ2) is 5.56. The highest BCUT2D eigenvalue weighted by molar-refractivity contribution is 6.29. The number of hydrogen-bond acceptors (Lipinski definition) is 2. The monoisotopic (exact) mass is 236 g/mol. The molecule has 3 nitrogen and oxygen atoms in total. The van der Waals surface area contributed by atoms with E-state index >= 15 is 0 Å². The average Bonchev–Trinajstić information content (AvgIpc) is 2.72. The summed E-state index contributed by atoms with van der Waals surface area (Å²) >= 11 is 5.90. The van der Waals surface area contributed by atoms with Crippen LogP contribution in [0.3, 0.4) is 0 Å². The van der Waals surface area contributed by atoms with Gasteiger partial charge in [0.2, 0.25) is 0 Å². The second-order valence-corrected chi connectivity index (χ2v) is 3.78. The Morgan fingerprint density at radius 2 is 2.00 bits per heavy atom. The lowest BCUT2D eigenvalue weighted by molar-refractivity contribution is 0.298. The van der Waals surface area contributed by atoms with Gasteiger partial charge in [-0.25, -0.2) is 0 Å². The molecule has 0 fully saturated rings. The first-order valence-electron chi connectivity index (χ1n) is 5.21. The van der Waals surface area contributed by atoms with Crippen LogP contribution in [0.15, 0.2) is 42.6 Å². The predicted octanol–water partition coefficient (Wildman–Crippen LogP) is 3.01. The molecule has 1 aromatic heterocycles. The van der Waals surface area contributed by atoms with Crippen LogP contribution in [-0.2, 0) is 6.54 Å². The summed E-state index contributed by atoms with van der Waals surface area (Å²) < 4.78 is 7.32. The molecule has 2 rings (SSSR count). The molecule has 0 N–H and O–H groups in total. The number of benzene rings is 1. The van der Waals surface area contributed by atoms with E-state index in [2.05, 4.69) is 5.10 Å². The molecule has 0 atom stereocenters. The van der Waals surface area contributed by atoms with Crippen molar-refractivity contribution in [1.82, 2.24) is 9.78 Å². The first kappa shape index (κ1) is 11.0. The molecule has 0 unspecified atom stereocenters. The summed E-state index contributed by atoms with van der Waals surface area (Å²) in [5, 5.41) is 4.76. The van der Waals surface area contributed by atoms with Crippen LogP contribution in [-0.4, -0.2) is 16.4 Å². The van der Waals surface area contributed by atoms with E-state index in [4.69, 9.17) is 16.3 Å². The zero-order valence-corrected chi connectivity index (χ0v) is 9.60. The lowest BCUT2D eigenvalue weighted by Crippen LogP contribution is -2.05. The molecular formula is C12H13ClN2O. The normalized spacial score (nSPS) is 10.3. The maximum Gasteiger partial charge on any atom is 0.127 e. The van der Waals surface area contributed by atoms with Gasteiger partial charge in [-0.3, -0.25) is 4.68 Å². The van der Waals surface area contributed by atoms with Gasteiger partial charge < -0.3 is 4.74 Å². The van der Waals surface area contributed by atoms with Gasteiger partial charge in [0.05, 0.1) is 12.8 Å². The highest BCUT2D eigenvalue weighted by Gasteiger charge is 1.98. The summed E-state index contributed by atoms with van der Waals surface area (Å²) in [5.41, 5.74) is 0. The SMILES string of the molecule is Clc1ccnn1CCCOc1ccccc1. The number of nitrogens with zero attached hydrogens (tertiary/aromatic N) is 2. The lowest BCUT2D eigenvalue weighted by Gasteiger charge is -2.06. The standard InChI is InChI=1S/C12H13ClN2O/c13-12-7-8-14-15(12)9-4-10-16-11-5-2-1-3-6-11/h1-3,5-8H,4,9-10H2. The van der Waals surface area contributed by atoms with Gasteiger partial charge in [-0.05, 0) is 18.2 Å². The Labute approximate surface area is 99.6 Å². The zero-order chi connectivity index (χ0) is 11.2. The van der Waals surface area contributed by atoms with Gasteiger partial charge in [0.15, 0.2) is 0 Å². The topological polar surface area (TPSA) is 27.1 Å². The smallest absolute Gasteiger partial charge is 0.127 e. The molecule has 16 heavy (non-hydrogen) atoms.